The van der Waals surface area contributed by atoms with E-state index in [1.807, 2.05) is 6.92 Å². The summed E-state index contributed by atoms with van der Waals surface area (Å²) in [5.41, 5.74) is -0.115. The van der Waals surface area contributed by atoms with Gasteiger partial charge in [0.1, 0.15) is 5.44 Å². The molecule has 0 aliphatic heterocycles. The first-order valence-corrected chi connectivity index (χ1v) is 4.74. The average molecular weight is 188 g/mol. The Morgan fingerprint density at radius 3 is 2.42 bits per heavy atom. The van der Waals surface area contributed by atoms with Crippen LogP contribution in [0.1, 0.15) is 27.7 Å². The van der Waals surface area contributed by atoms with Crippen molar-refractivity contribution in [1.29, 1.82) is 0 Å². The molecule has 0 N–H and O–H groups in total. The third kappa shape index (κ3) is 6.28. The van der Waals surface area contributed by atoms with E-state index in [-0.39, 0.29) is 16.2 Å². The molecule has 3 heteroatoms. The second kappa shape index (κ2) is 4.55. The minimum Gasteiger partial charge on any atom is -0.448 e. The first-order chi connectivity index (χ1) is 5.35. The van der Waals surface area contributed by atoms with Gasteiger partial charge in [-0.1, -0.05) is 27.4 Å². The van der Waals surface area contributed by atoms with Crippen LogP contribution in [-0.4, -0.2) is 16.2 Å². The first kappa shape index (κ1) is 11.6. The van der Waals surface area contributed by atoms with Crippen LogP contribution in [0.5, 0.6) is 0 Å². The van der Waals surface area contributed by atoms with Crippen LogP contribution in [0.2, 0.25) is 0 Å². The Balaban J connectivity index is 3.82. The van der Waals surface area contributed by atoms with Crippen LogP contribution in [0.4, 0.5) is 0 Å². The van der Waals surface area contributed by atoms with Gasteiger partial charge in [0.25, 0.3) is 0 Å². The number of rotatable bonds is 3. The standard InChI is InChI=1S/C9H16O2S/c1-6-8(10)11-7(2)12-9(3,4)5/h6-7H,1H2,2-5H3. The number of carbonyl (C=O) groups is 1. The Morgan fingerprint density at radius 2 is 2.08 bits per heavy atom. The van der Waals surface area contributed by atoms with Gasteiger partial charge < -0.3 is 4.74 Å². The molecule has 0 aromatic carbocycles. The van der Waals surface area contributed by atoms with Crippen LogP contribution >= 0.6 is 11.8 Å². The van der Waals surface area contributed by atoms with Gasteiger partial charge in [-0.3, -0.25) is 0 Å². The van der Waals surface area contributed by atoms with Crippen molar-refractivity contribution in [3.05, 3.63) is 12.7 Å². The highest BCUT2D eigenvalue weighted by Crippen LogP contribution is 2.28. The zero-order chi connectivity index (χ0) is 9.78. The van der Waals surface area contributed by atoms with Crippen molar-refractivity contribution >= 4 is 17.7 Å². The molecule has 0 spiro atoms. The first-order valence-electron chi connectivity index (χ1n) is 3.86. The Morgan fingerprint density at radius 1 is 1.58 bits per heavy atom. The highest BCUT2D eigenvalue weighted by atomic mass is 32.2. The van der Waals surface area contributed by atoms with Crippen LogP contribution < -0.4 is 0 Å². The Labute approximate surface area is 78.4 Å². The largest absolute Gasteiger partial charge is 0.448 e. The zero-order valence-electron chi connectivity index (χ0n) is 8.09. The molecule has 0 radical (unpaired) electrons. The number of ether oxygens (including phenoxy) is 1. The fourth-order valence-corrected chi connectivity index (χ4v) is 1.87. The molecule has 0 aromatic heterocycles. The highest BCUT2D eigenvalue weighted by Gasteiger charge is 2.17. The van der Waals surface area contributed by atoms with E-state index >= 15 is 0 Å². The molecule has 0 bridgehead atoms. The lowest BCUT2D eigenvalue weighted by atomic mass is 10.3. The fourth-order valence-electron chi connectivity index (χ4n) is 0.734. The maximum Gasteiger partial charge on any atom is 0.331 e. The summed E-state index contributed by atoms with van der Waals surface area (Å²) < 4.78 is 5.09. The van der Waals surface area contributed by atoms with Crippen molar-refractivity contribution in [2.75, 3.05) is 0 Å². The molecular weight excluding hydrogens is 172 g/mol. The number of thioether (sulfide) groups is 1. The predicted octanol–water partition coefficient (Wildman–Crippen LogP) is 2.59. The molecule has 0 aromatic rings. The van der Waals surface area contributed by atoms with Crippen molar-refractivity contribution in [1.82, 2.24) is 0 Å². The highest BCUT2D eigenvalue weighted by molar-refractivity contribution is 8.01. The smallest absolute Gasteiger partial charge is 0.331 e. The summed E-state index contributed by atoms with van der Waals surface area (Å²) in [6, 6.07) is 0. The SMILES string of the molecule is C=CC(=O)OC(C)SC(C)(C)C. The predicted molar refractivity (Wildman–Crippen MR) is 53.1 cm³/mol. The lowest BCUT2D eigenvalue weighted by Gasteiger charge is -2.22. The minimum atomic E-state index is -0.362. The van der Waals surface area contributed by atoms with E-state index in [2.05, 4.69) is 27.4 Å². The van der Waals surface area contributed by atoms with E-state index < -0.39 is 0 Å². The van der Waals surface area contributed by atoms with E-state index in [0.717, 1.165) is 0 Å². The van der Waals surface area contributed by atoms with Gasteiger partial charge in [-0.25, -0.2) is 4.79 Å². The van der Waals surface area contributed by atoms with Gasteiger partial charge >= 0.3 is 5.97 Å². The molecule has 2 nitrogen and oxygen atoms in total. The summed E-state index contributed by atoms with van der Waals surface area (Å²) >= 11 is 1.61. The quantitative estimate of drug-likeness (QED) is 0.387. The molecule has 0 aliphatic rings. The van der Waals surface area contributed by atoms with Crippen molar-refractivity contribution in [2.45, 2.75) is 37.9 Å². The number of hydrogen-bond donors (Lipinski definition) is 0. The topological polar surface area (TPSA) is 26.3 Å². The molecule has 0 saturated carbocycles. The molecule has 70 valence electrons. The summed E-state index contributed by atoms with van der Waals surface area (Å²) in [6.07, 6.45) is 1.18. The Hall–Kier alpha value is -0.440. The monoisotopic (exact) mass is 188 g/mol. The van der Waals surface area contributed by atoms with E-state index in [1.165, 1.54) is 6.08 Å². The molecule has 0 heterocycles. The lowest BCUT2D eigenvalue weighted by Crippen LogP contribution is -2.17. The molecule has 12 heavy (non-hydrogen) atoms. The van der Waals surface area contributed by atoms with E-state index in [0.29, 0.717) is 0 Å². The van der Waals surface area contributed by atoms with Crippen molar-refractivity contribution in [3.63, 3.8) is 0 Å². The van der Waals surface area contributed by atoms with Gasteiger partial charge in [0.15, 0.2) is 0 Å². The third-order valence-corrected chi connectivity index (χ3v) is 2.10. The summed E-state index contributed by atoms with van der Waals surface area (Å²) in [6.45, 7) is 11.4. The summed E-state index contributed by atoms with van der Waals surface area (Å²) in [7, 11) is 0. The Kier molecular flexibility index (Phi) is 4.39. The van der Waals surface area contributed by atoms with Crippen LogP contribution in [0.25, 0.3) is 0 Å². The van der Waals surface area contributed by atoms with E-state index in [9.17, 15) is 4.79 Å². The van der Waals surface area contributed by atoms with E-state index in [1.54, 1.807) is 11.8 Å². The molecule has 0 fully saturated rings. The minimum absolute atomic E-state index is 0.112. The summed E-state index contributed by atoms with van der Waals surface area (Å²) in [5, 5.41) is 0. The molecule has 0 amide bonds. The van der Waals surface area contributed by atoms with Crippen LogP contribution in [0.15, 0.2) is 12.7 Å². The number of esters is 1. The molecular formula is C9H16O2S. The fraction of sp³-hybridized carbons (Fsp3) is 0.667. The van der Waals surface area contributed by atoms with E-state index in [4.69, 9.17) is 4.74 Å². The van der Waals surface area contributed by atoms with Gasteiger partial charge in [0, 0.05) is 10.8 Å². The lowest BCUT2D eigenvalue weighted by molar-refractivity contribution is -0.138. The molecule has 0 rings (SSSR count). The van der Waals surface area contributed by atoms with Crippen molar-refractivity contribution < 1.29 is 9.53 Å². The van der Waals surface area contributed by atoms with Crippen LogP contribution in [-0.2, 0) is 9.53 Å². The van der Waals surface area contributed by atoms with Gasteiger partial charge in [-0.05, 0) is 6.92 Å². The normalized spacial score (nSPS) is 13.7. The number of hydrogen-bond acceptors (Lipinski definition) is 3. The average Bonchev–Trinajstić information content (AvgIpc) is 1.82. The molecule has 0 saturated heterocycles. The van der Waals surface area contributed by atoms with Crippen LogP contribution in [0, 0.1) is 0 Å². The van der Waals surface area contributed by atoms with Gasteiger partial charge in [0.2, 0.25) is 0 Å². The zero-order valence-corrected chi connectivity index (χ0v) is 8.90. The summed E-state index contributed by atoms with van der Waals surface area (Å²) in [4.78, 5) is 10.8. The van der Waals surface area contributed by atoms with Gasteiger partial charge in [-0.15, -0.1) is 11.8 Å². The van der Waals surface area contributed by atoms with Crippen LogP contribution in [0.3, 0.4) is 0 Å². The molecule has 1 atom stereocenters. The molecule has 0 aliphatic carbocycles. The maximum atomic E-state index is 10.8. The maximum absolute atomic E-state index is 10.8. The van der Waals surface area contributed by atoms with Crippen molar-refractivity contribution in [2.24, 2.45) is 0 Å². The number of carbonyl (C=O) groups excluding carboxylic acids is 1. The Bertz CT molecular complexity index is 170. The molecule has 1 unspecified atom stereocenters. The third-order valence-electron chi connectivity index (χ3n) is 0.968. The van der Waals surface area contributed by atoms with Gasteiger partial charge in [-0.2, -0.15) is 0 Å². The summed E-state index contributed by atoms with van der Waals surface area (Å²) in [5.74, 6) is -0.362. The van der Waals surface area contributed by atoms with Gasteiger partial charge in [0.05, 0.1) is 0 Å². The second-order valence-electron chi connectivity index (χ2n) is 3.44. The second-order valence-corrected chi connectivity index (χ2v) is 5.56. The van der Waals surface area contributed by atoms with Crippen molar-refractivity contribution in [3.8, 4) is 0 Å².